The van der Waals surface area contributed by atoms with E-state index in [0.717, 1.165) is 42.7 Å². The van der Waals surface area contributed by atoms with Gasteiger partial charge in [-0.3, -0.25) is 4.79 Å². The number of pyridine rings is 1. The van der Waals surface area contributed by atoms with Gasteiger partial charge < -0.3 is 19.5 Å². The molecule has 1 aliphatic rings. The molecule has 0 saturated carbocycles. The van der Waals surface area contributed by atoms with Gasteiger partial charge in [0.25, 0.3) is 0 Å². The molecule has 3 aromatic heterocycles. The summed E-state index contributed by atoms with van der Waals surface area (Å²) in [6.45, 7) is 5.03. The quantitative estimate of drug-likeness (QED) is 0.625. The van der Waals surface area contributed by atoms with Gasteiger partial charge in [-0.05, 0) is 18.9 Å². The first-order chi connectivity index (χ1) is 14.2. The summed E-state index contributed by atoms with van der Waals surface area (Å²) in [4.78, 5) is 32.1. The summed E-state index contributed by atoms with van der Waals surface area (Å²) in [7, 11) is 1.58. The first-order valence-corrected chi connectivity index (χ1v) is 9.94. The zero-order valence-corrected chi connectivity index (χ0v) is 16.8. The lowest BCUT2D eigenvalue weighted by Gasteiger charge is -2.16. The normalized spacial score (nSPS) is 14.0. The van der Waals surface area contributed by atoms with E-state index in [4.69, 9.17) is 9.72 Å². The number of rotatable bonds is 8. The number of hydrogen-bond donors (Lipinski definition) is 1. The number of carbonyl (C=O) groups is 1. The van der Waals surface area contributed by atoms with Crippen LogP contribution in [0.15, 0.2) is 24.7 Å². The molecule has 1 amide bonds. The molecular weight excluding hydrogens is 370 g/mol. The van der Waals surface area contributed by atoms with Crippen molar-refractivity contribution < 1.29 is 9.53 Å². The SMILES string of the molecule is CCCNc1nc(-c2ccc(OC)nc2)nc2c1ncn2CCN1CCCC1=O. The molecule has 0 aliphatic carbocycles. The van der Waals surface area contributed by atoms with Gasteiger partial charge in [0.05, 0.1) is 13.4 Å². The number of nitrogens with zero attached hydrogens (tertiary/aromatic N) is 6. The van der Waals surface area contributed by atoms with Crippen molar-refractivity contribution in [2.45, 2.75) is 32.7 Å². The maximum Gasteiger partial charge on any atom is 0.222 e. The smallest absolute Gasteiger partial charge is 0.222 e. The van der Waals surface area contributed by atoms with Crippen LogP contribution in [0.25, 0.3) is 22.6 Å². The number of methoxy groups -OCH3 is 1. The molecule has 4 heterocycles. The van der Waals surface area contributed by atoms with Crippen molar-refractivity contribution in [1.29, 1.82) is 0 Å². The predicted octanol–water partition coefficient (Wildman–Crippen LogP) is 2.34. The fourth-order valence-electron chi connectivity index (χ4n) is 3.41. The first kappa shape index (κ1) is 19.1. The Kier molecular flexibility index (Phi) is 5.55. The van der Waals surface area contributed by atoms with Crippen LogP contribution in [0, 0.1) is 0 Å². The molecular formula is C20H25N7O2. The number of nitrogens with one attached hydrogen (secondary N) is 1. The van der Waals surface area contributed by atoms with Crippen LogP contribution < -0.4 is 10.1 Å². The molecule has 9 nitrogen and oxygen atoms in total. The maximum absolute atomic E-state index is 11.9. The van der Waals surface area contributed by atoms with E-state index in [0.29, 0.717) is 37.0 Å². The lowest BCUT2D eigenvalue weighted by atomic mass is 10.2. The summed E-state index contributed by atoms with van der Waals surface area (Å²) in [6.07, 6.45) is 6.03. The van der Waals surface area contributed by atoms with Crippen molar-refractivity contribution in [1.82, 2.24) is 29.4 Å². The van der Waals surface area contributed by atoms with Crippen LogP contribution in [0.1, 0.15) is 26.2 Å². The second kappa shape index (κ2) is 8.42. The van der Waals surface area contributed by atoms with E-state index in [1.54, 1.807) is 25.7 Å². The molecule has 0 aromatic carbocycles. The molecule has 4 rings (SSSR count). The van der Waals surface area contributed by atoms with Gasteiger partial charge in [-0.15, -0.1) is 0 Å². The summed E-state index contributed by atoms with van der Waals surface area (Å²) in [5.41, 5.74) is 2.28. The summed E-state index contributed by atoms with van der Waals surface area (Å²) in [5, 5.41) is 3.35. The Morgan fingerprint density at radius 3 is 2.79 bits per heavy atom. The van der Waals surface area contributed by atoms with E-state index in [1.807, 2.05) is 15.5 Å². The van der Waals surface area contributed by atoms with E-state index in [9.17, 15) is 4.79 Å². The Morgan fingerprint density at radius 1 is 1.21 bits per heavy atom. The maximum atomic E-state index is 11.9. The Balaban J connectivity index is 1.68. The summed E-state index contributed by atoms with van der Waals surface area (Å²) < 4.78 is 7.12. The highest BCUT2D eigenvalue weighted by Gasteiger charge is 2.20. The summed E-state index contributed by atoms with van der Waals surface area (Å²) >= 11 is 0. The minimum Gasteiger partial charge on any atom is -0.481 e. The van der Waals surface area contributed by atoms with E-state index in [-0.39, 0.29) is 5.91 Å². The van der Waals surface area contributed by atoms with Gasteiger partial charge in [0.2, 0.25) is 11.8 Å². The summed E-state index contributed by atoms with van der Waals surface area (Å²) in [5.74, 6) is 2.04. The molecule has 0 unspecified atom stereocenters. The van der Waals surface area contributed by atoms with Crippen LogP contribution in [0.4, 0.5) is 5.82 Å². The number of fused-ring (bicyclic) bond motifs is 1. The Bertz CT molecular complexity index is 1000. The van der Waals surface area contributed by atoms with Crippen molar-refractivity contribution in [3.63, 3.8) is 0 Å². The van der Waals surface area contributed by atoms with Crippen LogP contribution >= 0.6 is 0 Å². The van der Waals surface area contributed by atoms with Crippen LogP contribution in [0.5, 0.6) is 5.88 Å². The third-order valence-corrected chi connectivity index (χ3v) is 4.99. The monoisotopic (exact) mass is 395 g/mol. The third kappa shape index (κ3) is 3.98. The highest BCUT2D eigenvalue weighted by Crippen LogP contribution is 2.25. The van der Waals surface area contributed by atoms with Gasteiger partial charge in [0.15, 0.2) is 17.3 Å². The number of hydrogen-bond acceptors (Lipinski definition) is 7. The molecule has 0 bridgehead atoms. The number of carbonyl (C=O) groups excluding carboxylic acids is 1. The number of ether oxygens (including phenoxy) is 1. The van der Waals surface area contributed by atoms with E-state index >= 15 is 0 Å². The summed E-state index contributed by atoms with van der Waals surface area (Å²) in [6, 6.07) is 3.68. The van der Waals surface area contributed by atoms with Gasteiger partial charge in [-0.2, -0.15) is 0 Å². The number of anilines is 1. The van der Waals surface area contributed by atoms with Crippen LogP contribution in [-0.4, -0.2) is 62.1 Å². The minimum absolute atomic E-state index is 0.222. The number of likely N-dealkylation sites (tertiary alicyclic amines) is 1. The zero-order chi connectivity index (χ0) is 20.2. The van der Waals surface area contributed by atoms with Gasteiger partial charge >= 0.3 is 0 Å². The number of imidazole rings is 1. The van der Waals surface area contributed by atoms with E-state index in [2.05, 4.69) is 27.2 Å². The average Bonchev–Trinajstić information content (AvgIpc) is 3.36. The average molecular weight is 395 g/mol. The minimum atomic E-state index is 0.222. The fraction of sp³-hybridized carbons (Fsp3) is 0.450. The molecule has 0 atom stereocenters. The first-order valence-electron chi connectivity index (χ1n) is 9.94. The van der Waals surface area contributed by atoms with Gasteiger partial charge in [-0.1, -0.05) is 6.92 Å². The molecule has 1 fully saturated rings. The lowest BCUT2D eigenvalue weighted by Crippen LogP contribution is -2.28. The lowest BCUT2D eigenvalue weighted by molar-refractivity contribution is -0.127. The molecule has 1 saturated heterocycles. The molecule has 1 N–H and O–H groups in total. The van der Waals surface area contributed by atoms with Crippen LogP contribution in [0.2, 0.25) is 0 Å². The topological polar surface area (TPSA) is 98.1 Å². The standard InChI is InChI=1S/C20H25N7O2/c1-3-8-21-19-17-20(25-18(24-19)14-6-7-15(29-2)22-12-14)27(13-23-17)11-10-26-9-4-5-16(26)28/h6-7,12-13H,3-5,8-11H2,1-2H3,(H,21,24,25). The highest BCUT2D eigenvalue weighted by molar-refractivity contribution is 5.85. The Morgan fingerprint density at radius 2 is 2.10 bits per heavy atom. The third-order valence-electron chi connectivity index (χ3n) is 4.99. The van der Waals surface area contributed by atoms with Gasteiger partial charge in [0, 0.05) is 50.4 Å². The Hall–Kier alpha value is -3.23. The van der Waals surface area contributed by atoms with E-state index in [1.165, 1.54) is 0 Å². The van der Waals surface area contributed by atoms with Crippen molar-refractivity contribution in [2.24, 2.45) is 0 Å². The second-order valence-corrected chi connectivity index (χ2v) is 7.01. The molecule has 1 aliphatic heterocycles. The van der Waals surface area contributed by atoms with Crippen molar-refractivity contribution in [3.05, 3.63) is 24.7 Å². The van der Waals surface area contributed by atoms with Gasteiger partial charge in [-0.25, -0.2) is 19.9 Å². The van der Waals surface area contributed by atoms with Crippen LogP contribution in [0.3, 0.4) is 0 Å². The zero-order valence-electron chi connectivity index (χ0n) is 16.8. The van der Waals surface area contributed by atoms with Crippen molar-refractivity contribution in [3.8, 4) is 17.3 Å². The molecule has 9 heteroatoms. The Labute approximate surface area is 169 Å². The molecule has 0 spiro atoms. The molecule has 3 aromatic rings. The van der Waals surface area contributed by atoms with Gasteiger partial charge in [0.1, 0.15) is 5.52 Å². The van der Waals surface area contributed by atoms with Crippen molar-refractivity contribution >= 4 is 22.9 Å². The fourth-order valence-corrected chi connectivity index (χ4v) is 3.41. The largest absolute Gasteiger partial charge is 0.481 e. The molecule has 152 valence electrons. The number of amides is 1. The number of aromatic nitrogens is 5. The highest BCUT2D eigenvalue weighted by atomic mass is 16.5. The van der Waals surface area contributed by atoms with E-state index < -0.39 is 0 Å². The second-order valence-electron chi connectivity index (χ2n) is 7.01. The van der Waals surface area contributed by atoms with Crippen LogP contribution in [-0.2, 0) is 11.3 Å². The molecule has 29 heavy (non-hydrogen) atoms. The van der Waals surface area contributed by atoms with Crippen molar-refractivity contribution in [2.75, 3.05) is 32.1 Å². The molecule has 0 radical (unpaired) electrons. The predicted molar refractivity (Wildman–Crippen MR) is 110 cm³/mol.